The largest absolute Gasteiger partial charge is 0.492 e. The average molecular weight is 558 g/mol. The minimum atomic E-state index is -2.41. The Balaban J connectivity index is 1.75. The summed E-state index contributed by atoms with van der Waals surface area (Å²) in [5.74, 6) is -4.39. The molecule has 3 aromatic rings. The standard InChI is InChI=1S/C32H31NO8/c1-33(2)17-18-38-25-15-13-23(14-16-25)28(22-9-5-3-6-10-22)29(24-11-7-4-8-12-24)32-21-39-26(34)19-31(37,30(36)41-32)20-27(35)40-32/h3-16,37H,17-21H2,1-2H3/b29-28+. The Labute approximate surface area is 237 Å². The molecule has 0 amide bonds. The molecule has 5 rings (SSSR count). The molecule has 212 valence electrons. The Kier molecular flexibility index (Phi) is 7.92. The van der Waals surface area contributed by atoms with Gasteiger partial charge in [0, 0.05) is 12.1 Å². The van der Waals surface area contributed by atoms with E-state index in [-0.39, 0.29) is 5.57 Å². The van der Waals surface area contributed by atoms with E-state index in [1.54, 1.807) is 24.3 Å². The van der Waals surface area contributed by atoms with Crippen molar-refractivity contribution in [3.05, 3.63) is 102 Å². The molecule has 2 atom stereocenters. The zero-order valence-corrected chi connectivity index (χ0v) is 22.9. The highest BCUT2D eigenvalue weighted by atomic mass is 16.8. The molecule has 2 unspecified atom stereocenters. The van der Waals surface area contributed by atoms with Gasteiger partial charge in [-0.05, 0) is 42.9 Å². The van der Waals surface area contributed by atoms with Gasteiger partial charge in [-0.25, -0.2) is 4.79 Å². The highest BCUT2D eigenvalue weighted by Gasteiger charge is 2.57. The van der Waals surface area contributed by atoms with E-state index in [2.05, 4.69) is 0 Å². The van der Waals surface area contributed by atoms with E-state index in [9.17, 15) is 19.5 Å². The Bertz CT molecular complexity index is 1450. The minimum absolute atomic E-state index is 0.284. The van der Waals surface area contributed by atoms with E-state index in [1.165, 1.54) is 0 Å². The molecule has 2 bridgehead atoms. The number of benzene rings is 3. The van der Waals surface area contributed by atoms with Crippen LogP contribution in [-0.4, -0.2) is 73.2 Å². The lowest BCUT2D eigenvalue weighted by Crippen LogP contribution is -2.51. The van der Waals surface area contributed by atoms with Crippen molar-refractivity contribution in [1.82, 2.24) is 4.90 Å². The van der Waals surface area contributed by atoms with Gasteiger partial charge >= 0.3 is 23.7 Å². The Morgan fingerprint density at radius 3 is 2.02 bits per heavy atom. The van der Waals surface area contributed by atoms with Crippen LogP contribution in [0.5, 0.6) is 5.75 Å². The molecule has 1 N–H and O–H groups in total. The number of fused-ring (bicyclic) bond motifs is 3. The van der Waals surface area contributed by atoms with Gasteiger partial charge in [0.2, 0.25) is 0 Å². The van der Waals surface area contributed by atoms with Crippen LogP contribution in [0.25, 0.3) is 11.1 Å². The molecule has 2 saturated heterocycles. The summed E-state index contributed by atoms with van der Waals surface area (Å²) in [5, 5.41) is 11.0. The summed E-state index contributed by atoms with van der Waals surface area (Å²) in [4.78, 5) is 41.1. The number of cyclic esters (lactones) is 1. The minimum Gasteiger partial charge on any atom is -0.492 e. The van der Waals surface area contributed by atoms with Gasteiger partial charge < -0.3 is 29.0 Å². The van der Waals surface area contributed by atoms with Crippen LogP contribution in [0.1, 0.15) is 29.5 Å². The quantitative estimate of drug-likeness (QED) is 0.329. The predicted molar refractivity (Wildman–Crippen MR) is 149 cm³/mol. The zero-order chi connectivity index (χ0) is 29.0. The van der Waals surface area contributed by atoms with Gasteiger partial charge in [-0.2, -0.15) is 0 Å². The highest BCUT2D eigenvalue weighted by molar-refractivity contribution is 6.03. The molecular formula is C32H31NO8. The van der Waals surface area contributed by atoms with Crippen molar-refractivity contribution >= 4 is 29.1 Å². The van der Waals surface area contributed by atoms with Crippen LogP contribution in [0.4, 0.5) is 0 Å². The Morgan fingerprint density at radius 1 is 0.805 bits per heavy atom. The van der Waals surface area contributed by atoms with Crippen molar-refractivity contribution in [2.75, 3.05) is 33.9 Å². The van der Waals surface area contributed by atoms with E-state index >= 15 is 0 Å². The van der Waals surface area contributed by atoms with Crippen molar-refractivity contribution < 1.29 is 38.4 Å². The van der Waals surface area contributed by atoms with Gasteiger partial charge in [-0.15, -0.1) is 0 Å². The molecule has 0 saturated carbocycles. The highest BCUT2D eigenvalue weighted by Crippen LogP contribution is 2.45. The zero-order valence-electron chi connectivity index (χ0n) is 22.9. The Hall–Kier alpha value is -4.47. The first-order valence-electron chi connectivity index (χ1n) is 13.3. The van der Waals surface area contributed by atoms with Gasteiger partial charge in [0.1, 0.15) is 12.4 Å². The van der Waals surface area contributed by atoms with Crippen LogP contribution < -0.4 is 4.74 Å². The lowest BCUT2D eigenvalue weighted by molar-refractivity contribution is -0.226. The van der Waals surface area contributed by atoms with E-state index in [0.29, 0.717) is 29.1 Å². The number of rotatable bonds is 8. The van der Waals surface area contributed by atoms with Crippen LogP contribution in [0.15, 0.2) is 84.9 Å². The van der Waals surface area contributed by atoms with Gasteiger partial charge in [0.15, 0.2) is 12.2 Å². The van der Waals surface area contributed by atoms with Crippen LogP contribution in [0.3, 0.4) is 0 Å². The summed E-state index contributed by atoms with van der Waals surface area (Å²) in [6.07, 6.45) is -1.47. The third-order valence-corrected chi connectivity index (χ3v) is 6.92. The van der Waals surface area contributed by atoms with Crippen LogP contribution in [-0.2, 0) is 28.6 Å². The first-order chi connectivity index (χ1) is 19.7. The maximum absolute atomic E-state index is 13.3. The fourth-order valence-corrected chi connectivity index (χ4v) is 4.91. The van der Waals surface area contributed by atoms with E-state index < -0.39 is 48.7 Å². The number of carbonyl (C=O) groups is 3. The molecular weight excluding hydrogens is 526 g/mol. The van der Waals surface area contributed by atoms with E-state index in [1.807, 2.05) is 79.7 Å². The molecule has 41 heavy (non-hydrogen) atoms. The van der Waals surface area contributed by atoms with Crippen molar-refractivity contribution in [3.63, 3.8) is 0 Å². The molecule has 0 aliphatic carbocycles. The fourth-order valence-electron chi connectivity index (χ4n) is 4.91. The fraction of sp³-hybridized carbons (Fsp3) is 0.281. The molecule has 9 heteroatoms. The molecule has 2 aliphatic heterocycles. The van der Waals surface area contributed by atoms with E-state index in [0.717, 1.165) is 12.1 Å². The number of aliphatic hydroxyl groups is 1. The second-order valence-electron chi connectivity index (χ2n) is 10.3. The molecule has 0 aromatic heterocycles. The van der Waals surface area contributed by atoms with Gasteiger partial charge in [-0.3, -0.25) is 9.59 Å². The SMILES string of the molecule is CN(C)CCOc1ccc(/C(=C(\c2ccccc2)C23COC(=O)CC(O)(CC(=O)O2)C(=O)O3)c2ccccc2)cc1. The third kappa shape index (κ3) is 6.01. The summed E-state index contributed by atoms with van der Waals surface area (Å²) < 4.78 is 23.1. The molecule has 9 nitrogen and oxygen atoms in total. The smallest absolute Gasteiger partial charge is 0.343 e. The number of hydrogen-bond donors (Lipinski definition) is 1. The molecule has 2 heterocycles. The van der Waals surface area contributed by atoms with E-state index in [4.69, 9.17) is 18.9 Å². The molecule has 0 radical (unpaired) electrons. The second kappa shape index (κ2) is 11.6. The summed E-state index contributed by atoms with van der Waals surface area (Å²) >= 11 is 0. The van der Waals surface area contributed by atoms with Gasteiger partial charge in [0.25, 0.3) is 0 Å². The lowest BCUT2D eigenvalue weighted by Gasteiger charge is -2.36. The molecule has 3 aromatic carbocycles. The average Bonchev–Trinajstić information content (AvgIpc) is 3.01. The van der Waals surface area contributed by atoms with Gasteiger partial charge in [0.05, 0.1) is 18.4 Å². The number of hydrogen-bond acceptors (Lipinski definition) is 9. The number of ether oxygens (including phenoxy) is 4. The maximum atomic E-state index is 13.3. The van der Waals surface area contributed by atoms with Crippen LogP contribution >= 0.6 is 0 Å². The summed E-state index contributed by atoms with van der Waals surface area (Å²) in [6.45, 7) is 0.664. The number of nitrogens with zero attached hydrogens (tertiary/aromatic N) is 1. The van der Waals surface area contributed by atoms with Crippen molar-refractivity contribution in [2.24, 2.45) is 0 Å². The molecule has 2 aliphatic rings. The maximum Gasteiger partial charge on any atom is 0.343 e. The second-order valence-corrected chi connectivity index (χ2v) is 10.3. The normalized spacial score (nSPS) is 23.0. The lowest BCUT2D eigenvalue weighted by atomic mass is 9.85. The first kappa shape index (κ1) is 28.1. The monoisotopic (exact) mass is 557 g/mol. The van der Waals surface area contributed by atoms with Crippen molar-refractivity contribution in [3.8, 4) is 5.75 Å². The van der Waals surface area contributed by atoms with Crippen LogP contribution in [0, 0.1) is 0 Å². The number of likely N-dealkylation sites (N-methyl/N-ethyl adjacent to an activating group) is 1. The Morgan fingerprint density at radius 2 is 1.39 bits per heavy atom. The molecule has 2 fully saturated rings. The third-order valence-electron chi connectivity index (χ3n) is 6.92. The van der Waals surface area contributed by atoms with Crippen LogP contribution in [0.2, 0.25) is 0 Å². The first-order valence-corrected chi connectivity index (χ1v) is 13.3. The topological polar surface area (TPSA) is 112 Å². The van der Waals surface area contributed by atoms with Gasteiger partial charge in [-0.1, -0.05) is 72.8 Å². The van der Waals surface area contributed by atoms with Crippen molar-refractivity contribution in [2.45, 2.75) is 24.2 Å². The van der Waals surface area contributed by atoms with Crippen molar-refractivity contribution in [1.29, 1.82) is 0 Å². The summed E-state index contributed by atoms with van der Waals surface area (Å²) in [5.41, 5.74) is 0.425. The molecule has 0 spiro atoms. The predicted octanol–water partition coefficient (Wildman–Crippen LogP) is 3.45. The summed E-state index contributed by atoms with van der Waals surface area (Å²) in [7, 11) is 3.93. The number of carbonyl (C=O) groups excluding carboxylic acids is 3. The number of esters is 3. The summed E-state index contributed by atoms with van der Waals surface area (Å²) in [6, 6.07) is 25.7.